The van der Waals surface area contributed by atoms with Gasteiger partial charge in [-0.3, -0.25) is 0 Å². The number of methoxy groups -OCH3 is 1. The van der Waals surface area contributed by atoms with Crippen LogP contribution in [0, 0.1) is 0 Å². The molecule has 1 aromatic carbocycles. The van der Waals surface area contributed by atoms with Crippen LogP contribution in [0.4, 0.5) is 0 Å². The third-order valence-corrected chi connectivity index (χ3v) is 3.32. The highest BCUT2D eigenvalue weighted by Crippen LogP contribution is 2.36. The Hall–Kier alpha value is -1.77. The van der Waals surface area contributed by atoms with Gasteiger partial charge in [0.05, 0.1) is 7.11 Å². The Labute approximate surface area is 114 Å². The van der Waals surface area contributed by atoms with Gasteiger partial charge in [-0.1, -0.05) is 38.0 Å². The van der Waals surface area contributed by atoms with Crippen molar-refractivity contribution < 1.29 is 14.3 Å². The van der Waals surface area contributed by atoms with Gasteiger partial charge in [0.15, 0.2) is 11.5 Å². The molecule has 0 aliphatic carbocycles. The van der Waals surface area contributed by atoms with Crippen molar-refractivity contribution >= 4 is 5.97 Å². The Morgan fingerprint density at radius 3 is 2.95 bits per heavy atom. The van der Waals surface area contributed by atoms with Crippen molar-refractivity contribution in [1.29, 1.82) is 0 Å². The van der Waals surface area contributed by atoms with E-state index < -0.39 is 0 Å². The van der Waals surface area contributed by atoms with Gasteiger partial charge in [0.25, 0.3) is 0 Å². The van der Waals surface area contributed by atoms with Crippen LogP contribution in [-0.4, -0.2) is 13.1 Å². The molecule has 1 heterocycles. The molecule has 0 N–H and O–H groups in total. The Morgan fingerprint density at radius 1 is 1.37 bits per heavy atom. The topological polar surface area (TPSA) is 35.5 Å². The predicted molar refractivity (Wildman–Crippen MR) is 74.6 cm³/mol. The predicted octanol–water partition coefficient (Wildman–Crippen LogP) is 3.66. The summed E-state index contributed by atoms with van der Waals surface area (Å²) in [6.07, 6.45) is 7.10. The first kappa shape index (κ1) is 13.7. The number of hydrogen-bond donors (Lipinski definition) is 0. The van der Waals surface area contributed by atoms with Crippen molar-refractivity contribution in [2.45, 2.75) is 39.0 Å². The van der Waals surface area contributed by atoms with Crippen LogP contribution in [0.15, 0.2) is 29.8 Å². The van der Waals surface area contributed by atoms with Gasteiger partial charge in [0.1, 0.15) is 0 Å². The van der Waals surface area contributed by atoms with Gasteiger partial charge in [0, 0.05) is 17.6 Å². The number of fused-ring (bicyclic) bond motifs is 1. The van der Waals surface area contributed by atoms with Crippen molar-refractivity contribution in [2.75, 3.05) is 7.11 Å². The van der Waals surface area contributed by atoms with Crippen molar-refractivity contribution in [1.82, 2.24) is 0 Å². The van der Waals surface area contributed by atoms with Crippen LogP contribution in [-0.2, 0) is 11.2 Å². The van der Waals surface area contributed by atoms with E-state index in [4.69, 9.17) is 9.47 Å². The minimum Gasteiger partial charge on any atom is -0.493 e. The standard InChI is InChI=1S/C16H20O3/c1-3-4-5-6-8-13-11-12-9-7-10-14(18-2)15(12)19-16(13)17/h7-10H,3-6,11H2,1-2H3/b13-8-. The number of ether oxygens (including phenoxy) is 2. The molecule has 1 aromatic rings. The second-order valence-electron chi connectivity index (χ2n) is 4.74. The average Bonchev–Trinajstić information content (AvgIpc) is 2.43. The van der Waals surface area contributed by atoms with Crippen molar-refractivity contribution in [3.05, 3.63) is 35.4 Å². The lowest BCUT2D eigenvalue weighted by Crippen LogP contribution is -2.20. The summed E-state index contributed by atoms with van der Waals surface area (Å²) in [6, 6.07) is 5.71. The third-order valence-electron chi connectivity index (χ3n) is 3.32. The average molecular weight is 260 g/mol. The first-order chi connectivity index (χ1) is 9.26. The van der Waals surface area contributed by atoms with Gasteiger partial charge in [0.2, 0.25) is 0 Å². The van der Waals surface area contributed by atoms with Crippen LogP contribution in [0.25, 0.3) is 0 Å². The van der Waals surface area contributed by atoms with Crippen LogP contribution >= 0.6 is 0 Å². The molecule has 0 saturated heterocycles. The normalized spacial score (nSPS) is 16.1. The van der Waals surface area contributed by atoms with E-state index in [1.165, 1.54) is 12.8 Å². The summed E-state index contributed by atoms with van der Waals surface area (Å²) in [5.74, 6) is 0.949. The first-order valence-corrected chi connectivity index (χ1v) is 6.83. The minimum absolute atomic E-state index is 0.242. The molecule has 0 saturated carbocycles. The molecule has 3 nitrogen and oxygen atoms in total. The van der Waals surface area contributed by atoms with Crippen LogP contribution in [0.3, 0.4) is 0 Å². The summed E-state index contributed by atoms with van der Waals surface area (Å²) >= 11 is 0. The molecule has 102 valence electrons. The summed E-state index contributed by atoms with van der Waals surface area (Å²) in [7, 11) is 1.58. The zero-order valence-electron chi connectivity index (χ0n) is 11.6. The second kappa shape index (κ2) is 6.41. The maximum Gasteiger partial charge on any atom is 0.339 e. The van der Waals surface area contributed by atoms with Gasteiger partial charge in [-0.25, -0.2) is 4.79 Å². The molecular weight excluding hydrogens is 240 g/mol. The monoisotopic (exact) mass is 260 g/mol. The van der Waals surface area contributed by atoms with E-state index in [9.17, 15) is 4.79 Å². The highest BCUT2D eigenvalue weighted by molar-refractivity contribution is 5.93. The minimum atomic E-state index is -0.242. The Balaban J connectivity index is 2.13. The van der Waals surface area contributed by atoms with Gasteiger partial charge in [-0.05, 0) is 18.9 Å². The van der Waals surface area contributed by atoms with Crippen LogP contribution in [0.1, 0.15) is 38.2 Å². The lowest BCUT2D eigenvalue weighted by molar-refractivity contribution is -0.131. The molecule has 0 spiro atoms. The summed E-state index contributed by atoms with van der Waals surface area (Å²) in [5.41, 5.74) is 1.78. The van der Waals surface area contributed by atoms with Gasteiger partial charge in [-0.15, -0.1) is 0 Å². The zero-order valence-corrected chi connectivity index (χ0v) is 11.6. The maximum absolute atomic E-state index is 11.9. The first-order valence-electron chi connectivity index (χ1n) is 6.83. The van der Waals surface area contributed by atoms with E-state index in [2.05, 4.69) is 6.92 Å². The van der Waals surface area contributed by atoms with E-state index >= 15 is 0 Å². The summed E-state index contributed by atoms with van der Waals surface area (Å²) in [6.45, 7) is 2.17. The number of rotatable bonds is 5. The van der Waals surface area contributed by atoms with Crippen LogP contribution in [0.2, 0.25) is 0 Å². The summed E-state index contributed by atoms with van der Waals surface area (Å²) < 4.78 is 10.6. The number of unbranched alkanes of at least 4 members (excludes halogenated alkanes) is 3. The van der Waals surface area contributed by atoms with E-state index in [0.717, 1.165) is 24.0 Å². The lowest BCUT2D eigenvalue weighted by Gasteiger charge is -2.20. The van der Waals surface area contributed by atoms with E-state index in [-0.39, 0.29) is 5.97 Å². The number of carbonyl (C=O) groups is 1. The van der Waals surface area contributed by atoms with Gasteiger partial charge in [-0.2, -0.15) is 0 Å². The second-order valence-corrected chi connectivity index (χ2v) is 4.74. The van der Waals surface area contributed by atoms with Crippen molar-refractivity contribution in [3.63, 3.8) is 0 Å². The maximum atomic E-state index is 11.9. The quantitative estimate of drug-likeness (QED) is 0.351. The third kappa shape index (κ3) is 3.16. The van der Waals surface area contributed by atoms with Gasteiger partial charge >= 0.3 is 5.97 Å². The molecule has 0 unspecified atom stereocenters. The summed E-state index contributed by atoms with van der Waals surface area (Å²) in [4.78, 5) is 11.9. The number of para-hydroxylation sites is 1. The number of benzene rings is 1. The van der Waals surface area contributed by atoms with Crippen molar-refractivity contribution in [3.8, 4) is 11.5 Å². The molecule has 1 aliphatic heterocycles. The smallest absolute Gasteiger partial charge is 0.339 e. The fraction of sp³-hybridized carbons (Fsp3) is 0.438. The molecule has 3 heteroatoms. The van der Waals surface area contributed by atoms with Crippen LogP contribution in [0.5, 0.6) is 11.5 Å². The Kier molecular flexibility index (Phi) is 4.61. The fourth-order valence-electron chi connectivity index (χ4n) is 2.24. The number of hydrogen-bond acceptors (Lipinski definition) is 3. The fourth-order valence-corrected chi connectivity index (χ4v) is 2.24. The number of esters is 1. The highest BCUT2D eigenvalue weighted by Gasteiger charge is 2.24. The molecule has 0 amide bonds. The molecule has 0 radical (unpaired) electrons. The SMILES string of the molecule is CCCCC/C=C1/Cc2cccc(OC)c2OC1=O. The number of carbonyl (C=O) groups excluding carboxylic acids is 1. The van der Waals surface area contributed by atoms with Gasteiger partial charge < -0.3 is 9.47 Å². The molecule has 0 bridgehead atoms. The van der Waals surface area contributed by atoms with Crippen LogP contribution < -0.4 is 9.47 Å². The Morgan fingerprint density at radius 2 is 2.21 bits per heavy atom. The molecule has 0 atom stereocenters. The highest BCUT2D eigenvalue weighted by atomic mass is 16.6. The molecule has 1 aliphatic rings. The largest absolute Gasteiger partial charge is 0.493 e. The lowest BCUT2D eigenvalue weighted by atomic mass is 9.99. The van der Waals surface area contributed by atoms with Crippen molar-refractivity contribution in [2.24, 2.45) is 0 Å². The zero-order chi connectivity index (χ0) is 13.7. The molecule has 19 heavy (non-hydrogen) atoms. The molecule has 0 fully saturated rings. The van der Waals surface area contributed by atoms with E-state index in [0.29, 0.717) is 17.9 Å². The molecule has 0 aromatic heterocycles. The van der Waals surface area contributed by atoms with E-state index in [1.807, 2.05) is 24.3 Å². The molecular formula is C16H20O3. The summed E-state index contributed by atoms with van der Waals surface area (Å²) in [5, 5.41) is 0. The Bertz CT molecular complexity index is 489. The van der Waals surface area contributed by atoms with E-state index in [1.54, 1.807) is 7.11 Å². The molecule has 2 rings (SSSR count). The number of allylic oxidation sites excluding steroid dienone is 1.